The largest absolute Gasteiger partial charge is 0.393 e. The normalized spacial score (nSPS) is 31.0. The van der Waals surface area contributed by atoms with Crippen molar-refractivity contribution in [2.75, 3.05) is 26.2 Å². The quantitative estimate of drug-likeness (QED) is 0.831. The summed E-state index contributed by atoms with van der Waals surface area (Å²) in [6, 6.07) is 0. The number of aliphatic hydroxyl groups is 1. The van der Waals surface area contributed by atoms with Crippen LogP contribution in [0.25, 0.3) is 0 Å². The number of hydrogen-bond acceptors (Lipinski definition) is 3. The van der Waals surface area contributed by atoms with Gasteiger partial charge in [-0.3, -0.25) is 0 Å². The smallest absolute Gasteiger partial charge is 0.281 e. The van der Waals surface area contributed by atoms with E-state index in [0.717, 1.165) is 19.3 Å². The molecule has 2 rings (SSSR count). The lowest BCUT2D eigenvalue weighted by atomic mass is 9.87. The first kappa shape index (κ1) is 15.2. The number of piperidine rings is 1. The maximum atomic E-state index is 12.7. The third-order valence-corrected chi connectivity index (χ3v) is 6.05. The second-order valence-corrected chi connectivity index (χ2v) is 8.54. The van der Waals surface area contributed by atoms with Crippen LogP contribution in [0.5, 0.6) is 0 Å². The predicted octanol–water partition coefficient (Wildman–Crippen LogP) is 1.20. The zero-order valence-electron chi connectivity index (χ0n) is 12.0. The third-order valence-electron chi connectivity index (χ3n) is 4.07. The number of nitrogens with zero attached hydrogens (tertiary/aromatic N) is 2. The summed E-state index contributed by atoms with van der Waals surface area (Å²) in [5.74, 6) is 0. The minimum Gasteiger partial charge on any atom is -0.393 e. The van der Waals surface area contributed by atoms with E-state index >= 15 is 0 Å². The minimum atomic E-state index is -3.35. The van der Waals surface area contributed by atoms with Gasteiger partial charge in [0.25, 0.3) is 10.2 Å². The molecule has 0 spiro atoms. The molecular weight excluding hydrogens is 264 g/mol. The Labute approximate surface area is 116 Å². The molecule has 0 aromatic heterocycles. The molecule has 2 aliphatic heterocycles. The van der Waals surface area contributed by atoms with Crippen molar-refractivity contribution in [2.24, 2.45) is 5.41 Å². The Morgan fingerprint density at radius 2 is 1.68 bits per heavy atom. The van der Waals surface area contributed by atoms with Gasteiger partial charge in [0, 0.05) is 26.2 Å². The van der Waals surface area contributed by atoms with E-state index < -0.39 is 16.3 Å². The lowest BCUT2D eigenvalue weighted by molar-refractivity contribution is 0.122. The van der Waals surface area contributed by atoms with Crippen molar-refractivity contribution < 1.29 is 13.5 Å². The summed E-state index contributed by atoms with van der Waals surface area (Å²) in [6.07, 6.45) is 3.85. The molecule has 0 saturated carbocycles. The zero-order chi connectivity index (χ0) is 14.1. The molecule has 0 aromatic carbocycles. The van der Waals surface area contributed by atoms with E-state index in [1.807, 2.05) is 13.8 Å². The number of hydrogen-bond donors (Lipinski definition) is 1. The van der Waals surface area contributed by atoms with Crippen LogP contribution >= 0.6 is 0 Å². The van der Waals surface area contributed by atoms with Gasteiger partial charge in [0.15, 0.2) is 0 Å². The summed E-state index contributed by atoms with van der Waals surface area (Å²) in [7, 11) is -3.35. The molecule has 0 aliphatic carbocycles. The maximum Gasteiger partial charge on any atom is 0.281 e. The molecule has 0 aromatic rings. The third kappa shape index (κ3) is 3.68. The van der Waals surface area contributed by atoms with Crippen LogP contribution in [0.4, 0.5) is 0 Å². The van der Waals surface area contributed by atoms with Crippen molar-refractivity contribution in [3.05, 3.63) is 0 Å². The average Bonchev–Trinajstić information content (AvgIpc) is 2.48. The minimum absolute atomic E-state index is 0.168. The summed E-state index contributed by atoms with van der Waals surface area (Å²) >= 11 is 0. The highest BCUT2D eigenvalue weighted by atomic mass is 32.2. The van der Waals surface area contributed by atoms with Gasteiger partial charge in [-0.2, -0.15) is 17.0 Å². The zero-order valence-corrected chi connectivity index (χ0v) is 12.8. The van der Waals surface area contributed by atoms with Gasteiger partial charge in [0.05, 0.1) is 6.10 Å². The van der Waals surface area contributed by atoms with Crippen LogP contribution in [0.2, 0.25) is 0 Å². The van der Waals surface area contributed by atoms with E-state index in [-0.39, 0.29) is 5.41 Å². The molecule has 0 amide bonds. The molecule has 0 radical (unpaired) electrons. The maximum absolute atomic E-state index is 12.7. The van der Waals surface area contributed by atoms with E-state index in [1.54, 1.807) is 8.61 Å². The standard InChI is InChI=1S/C13H26N2O3S/c1-13(2)10-12(16)6-9-15(11-13)19(17,18)14-7-4-3-5-8-14/h12,16H,3-11H2,1-2H3. The Morgan fingerprint density at radius 1 is 1.05 bits per heavy atom. The summed E-state index contributed by atoms with van der Waals surface area (Å²) in [5.41, 5.74) is -0.168. The van der Waals surface area contributed by atoms with Gasteiger partial charge in [-0.15, -0.1) is 0 Å². The van der Waals surface area contributed by atoms with Crippen molar-refractivity contribution >= 4 is 10.2 Å². The second kappa shape index (κ2) is 5.68. The van der Waals surface area contributed by atoms with Crippen LogP contribution in [0.15, 0.2) is 0 Å². The van der Waals surface area contributed by atoms with Crippen molar-refractivity contribution in [1.82, 2.24) is 8.61 Å². The fourth-order valence-electron chi connectivity index (χ4n) is 3.11. The van der Waals surface area contributed by atoms with Crippen LogP contribution in [0.1, 0.15) is 46.0 Å². The number of rotatable bonds is 2. The molecule has 112 valence electrons. The van der Waals surface area contributed by atoms with Gasteiger partial charge in [0.1, 0.15) is 0 Å². The van der Waals surface area contributed by atoms with E-state index in [9.17, 15) is 13.5 Å². The summed E-state index contributed by atoms with van der Waals surface area (Å²) < 4.78 is 28.5. The van der Waals surface area contributed by atoms with Crippen molar-refractivity contribution in [1.29, 1.82) is 0 Å². The Bertz CT molecular complexity index is 402. The molecular formula is C13H26N2O3S. The predicted molar refractivity (Wildman–Crippen MR) is 74.9 cm³/mol. The highest BCUT2D eigenvalue weighted by Crippen LogP contribution is 2.30. The second-order valence-electron chi connectivity index (χ2n) is 6.61. The highest BCUT2D eigenvalue weighted by molar-refractivity contribution is 7.86. The Morgan fingerprint density at radius 3 is 2.32 bits per heavy atom. The van der Waals surface area contributed by atoms with Crippen LogP contribution in [-0.4, -0.2) is 54.4 Å². The van der Waals surface area contributed by atoms with Crippen LogP contribution in [0, 0.1) is 5.41 Å². The molecule has 2 aliphatic rings. The molecule has 0 bridgehead atoms. The lowest BCUT2D eigenvalue weighted by Crippen LogP contribution is -2.48. The average molecular weight is 290 g/mol. The molecule has 2 heterocycles. The van der Waals surface area contributed by atoms with Crippen LogP contribution in [-0.2, 0) is 10.2 Å². The fraction of sp³-hybridized carbons (Fsp3) is 1.00. The highest BCUT2D eigenvalue weighted by Gasteiger charge is 2.37. The Balaban J connectivity index is 2.14. The summed E-state index contributed by atoms with van der Waals surface area (Å²) in [5, 5.41) is 9.88. The van der Waals surface area contributed by atoms with Gasteiger partial charge in [-0.1, -0.05) is 20.3 Å². The van der Waals surface area contributed by atoms with Gasteiger partial charge >= 0.3 is 0 Å². The topological polar surface area (TPSA) is 60.9 Å². The molecule has 1 unspecified atom stereocenters. The first-order valence-electron chi connectivity index (χ1n) is 7.25. The Kier molecular flexibility index (Phi) is 4.55. The van der Waals surface area contributed by atoms with E-state index in [4.69, 9.17) is 0 Å². The monoisotopic (exact) mass is 290 g/mol. The van der Waals surface area contributed by atoms with Crippen molar-refractivity contribution in [3.8, 4) is 0 Å². The summed E-state index contributed by atoms with van der Waals surface area (Å²) in [6.45, 7) is 6.27. The van der Waals surface area contributed by atoms with Gasteiger partial charge in [-0.05, 0) is 31.1 Å². The molecule has 2 fully saturated rings. The fourth-order valence-corrected chi connectivity index (χ4v) is 5.00. The molecule has 19 heavy (non-hydrogen) atoms. The molecule has 6 heteroatoms. The van der Waals surface area contributed by atoms with Crippen molar-refractivity contribution in [3.63, 3.8) is 0 Å². The van der Waals surface area contributed by atoms with E-state index in [1.165, 1.54) is 0 Å². The summed E-state index contributed by atoms with van der Waals surface area (Å²) in [4.78, 5) is 0. The molecule has 1 N–H and O–H groups in total. The SMILES string of the molecule is CC1(C)CC(O)CCN(S(=O)(=O)N2CCCCC2)C1. The first-order chi connectivity index (χ1) is 8.81. The van der Waals surface area contributed by atoms with Crippen LogP contribution < -0.4 is 0 Å². The van der Waals surface area contributed by atoms with Crippen LogP contribution in [0.3, 0.4) is 0 Å². The van der Waals surface area contributed by atoms with Gasteiger partial charge in [-0.25, -0.2) is 0 Å². The molecule has 2 saturated heterocycles. The Hall–Kier alpha value is -0.170. The van der Waals surface area contributed by atoms with Gasteiger partial charge in [0.2, 0.25) is 0 Å². The first-order valence-corrected chi connectivity index (χ1v) is 8.64. The lowest BCUT2D eigenvalue weighted by Gasteiger charge is -2.34. The van der Waals surface area contributed by atoms with Gasteiger partial charge < -0.3 is 5.11 Å². The van der Waals surface area contributed by atoms with Crippen molar-refractivity contribution in [2.45, 2.75) is 52.1 Å². The van der Waals surface area contributed by atoms with E-state index in [0.29, 0.717) is 39.0 Å². The number of aliphatic hydroxyl groups excluding tert-OH is 1. The van der Waals surface area contributed by atoms with E-state index in [2.05, 4.69) is 0 Å². The molecule has 1 atom stereocenters. The molecule has 5 nitrogen and oxygen atoms in total.